The van der Waals surface area contributed by atoms with Gasteiger partial charge in [-0.25, -0.2) is 4.98 Å². The van der Waals surface area contributed by atoms with E-state index in [-0.39, 0.29) is 0 Å². The average molecular weight is 245 g/mol. The zero-order chi connectivity index (χ0) is 12.5. The molecule has 0 N–H and O–H groups in total. The number of aromatic nitrogens is 2. The Morgan fingerprint density at radius 1 is 1.28 bits per heavy atom. The van der Waals surface area contributed by atoms with Crippen molar-refractivity contribution in [1.82, 2.24) is 14.3 Å². The van der Waals surface area contributed by atoms with Crippen LogP contribution in [0.15, 0.2) is 24.4 Å². The molecule has 18 heavy (non-hydrogen) atoms. The van der Waals surface area contributed by atoms with E-state index < -0.39 is 0 Å². The minimum absolute atomic E-state index is 0.589. The highest BCUT2D eigenvalue weighted by Crippen LogP contribution is 2.28. The predicted octanol–water partition coefficient (Wildman–Crippen LogP) is 2.15. The quantitative estimate of drug-likeness (QED) is 0.812. The molecule has 0 amide bonds. The van der Waals surface area contributed by atoms with Gasteiger partial charge in [-0.15, -0.1) is 0 Å². The molecule has 0 aromatic carbocycles. The second kappa shape index (κ2) is 4.61. The first-order valence-electron chi connectivity index (χ1n) is 6.48. The van der Waals surface area contributed by atoms with Gasteiger partial charge in [0.15, 0.2) is 5.88 Å². The molecule has 1 aliphatic rings. The molecule has 1 fully saturated rings. The third-order valence-electron chi connectivity index (χ3n) is 3.82. The van der Waals surface area contributed by atoms with Gasteiger partial charge in [0.25, 0.3) is 0 Å². The highest BCUT2D eigenvalue weighted by atomic mass is 16.5. The third-order valence-corrected chi connectivity index (χ3v) is 3.82. The summed E-state index contributed by atoms with van der Waals surface area (Å²) in [7, 11) is 3.88. The lowest BCUT2D eigenvalue weighted by atomic mass is 9.94. The number of nitrogens with zero attached hydrogens (tertiary/aromatic N) is 3. The lowest BCUT2D eigenvalue weighted by Gasteiger charge is -2.27. The Kier molecular flexibility index (Phi) is 2.96. The molecule has 1 aliphatic heterocycles. The standard InChI is InChI=1S/C14H19N3O/c1-16-8-6-11(7-9-16)12-10-17-13(15-12)4-3-5-14(17)18-2/h3-5,10-11H,6-9H2,1-2H3. The van der Waals surface area contributed by atoms with Crippen molar-refractivity contribution < 1.29 is 4.74 Å². The van der Waals surface area contributed by atoms with E-state index in [4.69, 9.17) is 9.72 Å². The number of fused-ring (bicyclic) bond motifs is 1. The van der Waals surface area contributed by atoms with Gasteiger partial charge in [0, 0.05) is 12.1 Å². The van der Waals surface area contributed by atoms with Gasteiger partial charge in [-0.05, 0) is 45.1 Å². The van der Waals surface area contributed by atoms with Crippen molar-refractivity contribution in [2.45, 2.75) is 18.8 Å². The van der Waals surface area contributed by atoms with Gasteiger partial charge in [-0.2, -0.15) is 0 Å². The zero-order valence-corrected chi connectivity index (χ0v) is 11.0. The van der Waals surface area contributed by atoms with Crippen molar-refractivity contribution in [2.24, 2.45) is 0 Å². The van der Waals surface area contributed by atoms with Crippen LogP contribution in [0.5, 0.6) is 5.88 Å². The van der Waals surface area contributed by atoms with Crippen LogP contribution < -0.4 is 4.74 Å². The molecule has 4 heteroatoms. The second-order valence-corrected chi connectivity index (χ2v) is 5.04. The average Bonchev–Trinajstić information content (AvgIpc) is 2.83. The zero-order valence-electron chi connectivity index (χ0n) is 11.0. The van der Waals surface area contributed by atoms with Crippen LogP contribution in [-0.2, 0) is 0 Å². The first-order chi connectivity index (χ1) is 8.78. The summed E-state index contributed by atoms with van der Waals surface area (Å²) in [5, 5.41) is 0. The van der Waals surface area contributed by atoms with Gasteiger partial charge in [-0.1, -0.05) is 6.07 Å². The number of likely N-dealkylation sites (tertiary alicyclic amines) is 1. The van der Waals surface area contributed by atoms with Gasteiger partial charge in [-0.3, -0.25) is 4.40 Å². The van der Waals surface area contributed by atoms with Gasteiger partial charge in [0.1, 0.15) is 5.65 Å². The Balaban J connectivity index is 1.93. The number of rotatable bonds is 2. The van der Waals surface area contributed by atoms with Crippen LogP contribution in [0.3, 0.4) is 0 Å². The number of hydrogen-bond acceptors (Lipinski definition) is 3. The van der Waals surface area contributed by atoms with Crippen LogP contribution in [0.4, 0.5) is 0 Å². The highest BCUT2D eigenvalue weighted by molar-refractivity contribution is 5.44. The molecule has 0 unspecified atom stereocenters. The van der Waals surface area contributed by atoms with E-state index in [1.54, 1.807) is 7.11 Å². The van der Waals surface area contributed by atoms with Crippen LogP contribution in [-0.4, -0.2) is 41.5 Å². The van der Waals surface area contributed by atoms with E-state index in [9.17, 15) is 0 Å². The molecule has 0 bridgehead atoms. The summed E-state index contributed by atoms with van der Waals surface area (Å²) in [5.74, 6) is 1.44. The molecular formula is C14H19N3O. The minimum atomic E-state index is 0.589. The van der Waals surface area contributed by atoms with E-state index in [0.717, 1.165) is 24.6 Å². The smallest absolute Gasteiger partial charge is 0.198 e. The summed E-state index contributed by atoms with van der Waals surface area (Å²) in [4.78, 5) is 7.12. The topological polar surface area (TPSA) is 29.8 Å². The predicted molar refractivity (Wildman–Crippen MR) is 71.2 cm³/mol. The largest absolute Gasteiger partial charge is 0.482 e. The van der Waals surface area contributed by atoms with Crippen molar-refractivity contribution in [3.63, 3.8) is 0 Å². The van der Waals surface area contributed by atoms with E-state index in [0.29, 0.717) is 5.92 Å². The Labute approximate surface area is 107 Å². The highest BCUT2D eigenvalue weighted by Gasteiger charge is 2.21. The summed E-state index contributed by atoms with van der Waals surface area (Å²) in [6, 6.07) is 5.98. The van der Waals surface area contributed by atoms with Crippen LogP contribution >= 0.6 is 0 Å². The molecular weight excluding hydrogens is 226 g/mol. The summed E-state index contributed by atoms with van der Waals surface area (Å²) in [6.45, 7) is 2.32. The van der Waals surface area contributed by atoms with Crippen molar-refractivity contribution in [1.29, 1.82) is 0 Å². The van der Waals surface area contributed by atoms with Crippen molar-refractivity contribution >= 4 is 5.65 Å². The maximum absolute atomic E-state index is 5.36. The maximum Gasteiger partial charge on any atom is 0.198 e. The van der Waals surface area contributed by atoms with Crippen LogP contribution in [0.1, 0.15) is 24.5 Å². The SMILES string of the molecule is COc1cccc2nc(C3CCN(C)CC3)cn12. The number of hydrogen-bond donors (Lipinski definition) is 0. The summed E-state index contributed by atoms with van der Waals surface area (Å²) >= 11 is 0. The fraction of sp³-hybridized carbons (Fsp3) is 0.500. The molecule has 0 aliphatic carbocycles. The van der Waals surface area contributed by atoms with Crippen molar-refractivity contribution in [2.75, 3.05) is 27.2 Å². The normalized spacial score (nSPS) is 18.3. The van der Waals surface area contributed by atoms with E-state index in [2.05, 4.69) is 18.1 Å². The molecule has 96 valence electrons. The molecule has 2 aromatic rings. The monoisotopic (exact) mass is 245 g/mol. The van der Waals surface area contributed by atoms with Gasteiger partial charge < -0.3 is 9.64 Å². The van der Waals surface area contributed by atoms with Gasteiger partial charge >= 0.3 is 0 Å². The van der Waals surface area contributed by atoms with E-state index in [1.807, 2.05) is 22.6 Å². The number of piperidine rings is 1. The molecule has 3 heterocycles. The maximum atomic E-state index is 5.36. The molecule has 0 radical (unpaired) electrons. The molecule has 0 atom stereocenters. The lowest BCUT2D eigenvalue weighted by Crippen LogP contribution is -2.29. The fourth-order valence-electron chi connectivity index (χ4n) is 2.67. The Morgan fingerprint density at radius 2 is 2.06 bits per heavy atom. The molecule has 0 spiro atoms. The first kappa shape index (κ1) is 11.5. The molecule has 1 saturated heterocycles. The van der Waals surface area contributed by atoms with Gasteiger partial charge in [0.2, 0.25) is 0 Å². The number of imidazole rings is 1. The fourth-order valence-corrected chi connectivity index (χ4v) is 2.67. The molecule has 2 aromatic heterocycles. The molecule has 3 rings (SSSR count). The van der Waals surface area contributed by atoms with Gasteiger partial charge in [0.05, 0.1) is 12.8 Å². The van der Waals surface area contributed by atoms with Crippen LogP contribution in [0.25, 0.3) is 5.65 Å². The first-order valence-corrected chi connectivity index (χ1v) is 6.48. The number of pyridine rings is 1. The molecule has 0 saturated carbocycles. The van der Waals surface area contributed by atoms with E-state index >= 15 is 0 Å². The second-order valence-electron chi connectivity index (χ2n) is 5.04. The van der Waals surface area contributed by atoms with Crippen LogP contribution in [0.2, 0.25) is 0 Å². The van der Waals surface area contributed by atoms with Crippen molar-refractivity contribution in [3.8, 4) is 5.88 Å². The lowest BCUT2D eigenvalue weighted by molar-refractivity contribution is 0.253. The van der Waals surface area contributed by atoms with Crippen molar-refractivity contribution in [3.05, 3.63) is 30.1 Å². The summed E-state index contributed by atoms with van der Waals surface area (Å²) in [6.07, 6.45) is 4.52. The number of methoxy groups -OCH3 is 1. The molecule has 4 nitrogen and oxygen atoms in total. The van der Waals surface area contributed by atoms with E-state index in [1.165, 1.54) is 18.5 Å². The Morgan fingerprint density at radius 3 is 2.78 bits per heavy atom. The van der Waals surface area contributed by atoms with Crippen LogP contribution in [0, 0.1) is 0 Å². The third kappa shape index (κ3) is 1.97. The summed E-state index contributed by atoms with van der Waals surface area (Å²) in [5.41, 5.74) is 2.18. The Hall–Kier alpha value is -1.55. The number of ether oxygens (including phenoxy) is 1. The summed E-state index contributed by atoms with van der Waals surface area (Å²) < 4.78 is 7.40. The minimum Gasteiger partial charge on any atom is -0.482 e. The Bertz CT molecular complexity index is 541.